The van der Waals surface area contributed by atoms with Gasteiger partial charge in [0.2, 0.25) is 0 Å². The summed E-state index contributed by atoms with van der Waals surface area (Å²) in [7, 11) is 0. The van der Waals surface area contributed by atoms with Gasteiger partial charge in [0.1, 0.15) is 5.82 Å². The number of carbonyl (C=O) groups is 1. The Bertz CT molecular complexity index is 434. The Balaban J connectivity index is 2.88. The molecule has 0 aliphatic rings. The molecule has 0 radical (unpaired) electrons. The van der Waals surface area contributed by atoms with E-state index in [0.29, 0.717) is 12.1 Å². The van der Waals surface area contributed by atoms with E-state index in [1.165, 1.54) is 6.92 Å². The van der Waals surface area contributed by atoms with Crippen LogP contribution in [0.15, 0.2) is 12.1 Å². The second kappa shape index (κ2) is 5.18. The summed E-state index contributed by atoms with van der Waals surface area (Å²) in [6.45, 7) is 1.24. The fourth-order valence-corrected chi connectivity index (χ4v) is 1.29. The van der Waals surface area contributed by atoms with Gasteiger partial charge in [0.25, 0.3) is 0 Å². The molecule has 2 atom stereocenters. The third kappa shape index (κ3) is 3.20. The van der Waals surface area contributed by atoms with Gasteiger partial charge < -0.3 is 10.2 Å². The summed E-state index contributed by atoms with van der Waals surface area (Å²) < 4.78 is 38.6. The normalized spacial score (nSPS) is 14.4. The molecule has 0 aliphatic heterocycles. The molecule has 1 aromatic rings. The van der Waals surface area contributed by atoms with Crippen LogP contribution >= 0.6 is 0 Å². The first kappa shape index (κ1) is 13.5. The summed E-state index contributed by atoms with van der Waals surface area (Å²) in [4.78, 5) is 10.5. The van der Waals surface area contributed by atoms with E-state index in [-0.39, 0.29) is 5.56 Å². The fraction of sp³-hybridized carbons (Fsp3) is 0.364. The minimum absolute atomic E-state index is 0.260. The number of aliphatic carboxylic acids is 1. The van der Waals surface area contributed by atoms with Crippen LogP contribution in [0.1, 0.15) is 12.5 Å². The van der Waals surface area contributed by atoms with Crippen LogP contribution in [0.3, 0.4) is 0 Å². The van der Waals surface area contributed by atoms with E-state index in [0.717, 1.165) is 0 Å². The number of benzene rings is 1. The highest BCUT2D eigenvalue weighted by molar-refractivity contribution is 5.70. The second-order valence-corrected chi connectivity index (χ2v) is 3.76. The Morgan fingerprint density at radius 3 is 2.29 bits per heavy atom. The van der Waals surface area contributed by atoms with Crippen LogP contribution in [-0.4, -0.2) is 22.3 Å². The van der Waals surface area contributed by atoms with Gasteiger partial charge in [-0.05, 0) is 18.6 Å². The van der Waals surface area contributed by atoms with Gasteiger partial charge in [-0.3, -0.25) is 4.79 Å². The largest absolute Gasteiger partial charge is 0.481 e. The highest BCUT2D eigenvalue weighted by Gasteiger charge is 2.23. The highest BCUT2D eigenvalue weighted by Crippen LogP contribution is 2.17. The van der Waals surface area contributed by atoms with E-state index in [4.69, 9.17) is 5.11 Å². The van der Waals surface area contributed by atoms with Crippen LogP contribution in [0.2, 0.25) is 0 Å². The first-order valence-corrected chi connectivity index (χ1v) is 4.87. The lowest BCUT2D eigenvalue weighted by molar-refractivity contribution is -0.144. The summed E-state index contributed by atoms with van der Waals surface area (Å²) in [5.41, 5.74) is -0.260. The van der Waals surface area contributed by atoms with Crippen LogP contribution < -0.4 is 0 Å². The van der Waals surface area contributed by atoms with E-state index >= 15 is 0 Å². The lowest BCUT2D eigenvalue weighted by Gasteiger charge is -2.15. The predicted octanol–water partition coefficient (Wildman–Crippen LogP) is 1.73. The van der Waals surface area contributed by atoms with E-state index in [1.807, 2.05) is 0 Å². The van der Waals surface area contributed by atoms with Gasteiger partial charge in [0.05, 0.1) is 12.0 Å². The van der Waals surface area contributed by atoms with Crippen molar-refractivity contribution in [2.75, 3.05) is 0 Å². The predicted molar refractivity (Wildman–Crippen MR) is 52.8 cm³/mol. The Labute approximate surface area is 95.5 Å². The molecule has 1 aromatic carbocycles. The van der Waals surface area contributed by atoms with Crippen molar-refractivity contribution in [3.8, 4) is 0 Å². The molecular formula is C11H11F3O3. The molecule has 1 unspecified atom stereocenters. The highest BCUT2D eigenvalue weighted by atomic mass is 19.2. The standard InChI is InChI=1S/C11H11F3O3/c1-5(11(16)17)10(15)3-6-2-8(13)9(14)4-7(6)12/h2,4-5,10,15H,3H2,1H3,(H,16,17)/t5-,10?/m0/s1. The minimum Gasteiger partial charge on any atom is -0.481 e. The van der Waals surface area contributed by atoms with Gasteiger partial charge in [-0.25, -0.2) is 13.2 Å². The average Bonchev–Trinajstić information content (AvgIpc) is 2.24. The molecule has 0 saturated heterocycles. The lowest BCUT2D eigenvalue weighted by atomic mass is 9.97. The van der Waals surface area contributed by atoms with Gasteiger partial charge >= 0.3 is 5.97 Å². The van der Waals surface area contributed by atoms with Crippen molar-refractivity contribution in [1.82, 2.24) is 0 Å². The van der Waals surface area contributed by atoms with Crippen LogP contribution in [0.5, 0.6) is 0 Å². The first-order chi connectivity index (χ1) is 7.82. The Hall–Kier alpha value is -1.56. The maximum atomic E-state index is 13.2. The third-order valence-corrected chi connectivity index (χ3v) is 2.49. The fourth-order valence-electron chi connectivity index (χ4n) is 1.29. The molecule has 0 aliphatic carbocycles. The molecule has 0 spiro atoms. The van der Waals surface area contributed by atoms with Crippen LogP contribution in [0, 0.1) is 23.4 Å². The van der Waals surface area contributed by atoms with Crippen molar-refractivity contribution in [3.05, 3.63) is 35.1 Å². The van der Waals surface area contributed by atoms with Crippen LogP contribution in [0.4, 0.5) is 13.2 Å². The second-order valence-electron chi connectivity index (χ2n) is 3.76. The number of hydrogen-bond donors (Lipinski definition) is 2. The third-order valence-electron chi connectivity index (χ3n) is 2.49. The number of carboxylic acids is 1. The molecule has 0 heterocycles. The van der Waals surface area contributed by atoms with Crippen molar-refractivity contribution >= 4 is 5.97 Å². The minimum atomic E-state index is -1.37. The van der Waals surface area contributed by atoms with Crippen molar-refractivity contribution in [2.45, 2.75) is 19.4 Å². The number of aliphatic hydroxyl groups is 1. The molecule has 1 rings (SSSR count). The number of carboxylic acid groups (broad SMARTS) is 1. The monoisotopic (exact) mass is 248 g/mol. The summed E-state index contributed by atoms with van der Waals surface area (Å²) >= 11 is 0. The van der Waals surface area contributed by atoms with E-state index in [9.17, 15) is 23.1 Å². The van der Waals surface area contributed by atoms with Crippen molar-refractivity contribution in [2.24, 2.45) is 5.92 Å². The maximum Gasteiger partial charge on any atom is 0.308 e. The summed E-state index contributed by atoms with van der Waals surface area (Å²) in [6.07, 6.45) is -1.76. The van der Waals surface area contributed by atoms with E-state index in [1.54, 1.807) is 0 Å². The summed E-state index contributed by atoms with van der Waals surface area (Å²) in [5.74, 6) is -5.95. The zero-order valence-corrected chi connectivity index (χ0v) is 8.95. The molecule has 6 heteroatoms. The van der Waals surface area contributed by atoms with E-state index < -0.39 is 41.9 Å². The molecule has 0 fully saturated rings. The molecule has 3 nitrogen and oxygen atoms in total. The average molecular weight is 248 g/mol. The van der Waals surface area contributed by atoms with Crippen molar-refractivity contribution in [1.29, 1.82) is 0 Å². The number of aliphatic hydroxyl groups excluding tert-OH is 1. The molecule has 0 saturated carbocycles. The molecule has 0 aromatic heterocycles. The van der Waals surface area contributed by atoms with Crippen molar-refractivity contribution < 1.29 is 28.2 Å². The molecule has 0 bridgehead atoms. The number of halogens is 3. The SMILES string of the molecule is C[C@H](C(=O)O)C(O)Cc1cc(F)c(F)cc1F. The van der Waals surface area contributed by atoms with Gasteiger partial charge in [-0.15, -0.1) is 0 Å². The summed E-state index contributed by atoms with van der Waals surface area (Å²) in [5, 5.41) is 18.1. The van der Waals surface area contributed by atoms with Gasteiger partial charge in [-0.1, -0.05) is 0 Å². The smallest absolute Gasteiger partial charge is 0.308 e. The Morgan fingerprint density at radius 2 is 1.76 bits per heavy atom. The Kier molecular flexibility index (Phi) is 4.11. The lowest BCUT2D eigenvalue weighted by Crippen LogP contribution is -2.27. The van der Waals surface area contributed by atoms with Crippen molar-refractivity contribution in [3.63, 3.8) is 0 Å². The zero-order valence-electron chi connectivity index (χ0n) is 8.95. The van der Waals surface area contributed by atoms with Gasteiger partial charge in [0.15, 0.2) is 11.6 Å². The zero-order chi connectivity index (χ0) is 13.2. The first-order valence-electron chi connectivity index (χ1n) is 4.87. The topological polar surface area (TPSA) is 57.5 Å². The van der Waals surface area contributed by atoms with Crippen LogP contribution in [0.25, 0.3) is 0 Å². The van der Waals surface area contributed by atoms with Crippen LogP contribution in [-0.2, 0) is 11.2 Å². The van der Waals surface area contributed by atoms with Gasteiger partial charge in [-0.2, -0.15) is 0 Å². The Morgan fingerprint density at radius 1 is 1.24 bits per heavy atom. The molecular weight excluding hydrogens is 237 g/mol. The molecule has 94 valence electrons. The number of hydrogen-bond acceptors (Lipinski definition) is 2. The molecule has 17 heavy (non-hydrogen) atoms. The molecule has 0 amide bonds. The molecule has 2 N–H and O–H groups in total. The quantitative estimate of drug-likeness (QED) is 0.798. The number of rotatable bonds is 4. The maximum absolute atomic E-state index is 13.2. The summed E-state index contributed by atoms with van der Waals surface area (Å²) in [6, 6.07) is 0.977. The van der Waals surface area contributed by atoms with E-state index in [2.05, 4.69) is 0 Å². The van der Waals surface area contributed by atoms with Gasteiger partial charge in [0, 0.05) is 12.5 Å².